The Bertz CT molecular complexity index is 424. The van der Waals surface area contributed by atoms with Crippen molar-refractivity contribution in [1.82, 2.24) is 4.90 Å². The third kappa shape index (κ3) is 5.92. The zero-order chi connectivity index (χ0) is 14.1. The van der Waals surface area contributed by atoms with Gasteiger partial charge in [0.05, 0.1) is 13.2 Å². The molecule has 0 saturated heterocycles. The number of anilines is 1. The van der Waals surface area contributed by atoms with Gasteiger partial charge in [-0.05, 0) is 24.5 Å². The Morgan fingerprint density at radius 2 is 2.37 bits per heavy atom. The summed E-state index contributed by atoms with van der Waals surface area (Å²) in [5.74, 6) is -0.0893. The smallest absolute Gasteiger partial charge is 0.238 e. The van der Waals surface area contributed by atoms with E-state index in [-0.39, 0.29) is 19.1 Å². The minimum Gasteiger partial charge on any atom is -0.395 e. The zero-order valence-electron chi connectivity index (χ0n) is 11.1. The van der Waals surface area contributed by atoms with Crippen molar-refractivity contribution in [3.8, 4) is 0 Å². The van der Waals surface area contributed by atoms with Crippen LogP contribution < -0.4 is 5.32 Å². The summed E-state index contributed by atoms with van der Waals surface area (Å²) in [6, 6.07) is 7.71. The molecule has 1 aromatic carbocycles. The van der Waals surface area contributed by atoms with Crippen molar-refractivity contribution < 1.29 is 9.90 Å². The van der Waals surface area contributed by atoms with Gasteiger partial charge in [-0.15, -0.1) is 18.3 Å². The van der Waals surface area contributed by atoms with Crippen LogP contribution in [0, 0.1) is 0 Å². The normalized spacial score (nSPS) is 10.5. The first-order valence-corrected chi connectivity index (χ1v) is 7.30. The highest BCUT2D eigenvalue weighted by atomic mass is 32.2. The van der Waals surface area contributed by atoms with Gasteiger partial charge >= 0.3 is 0 Å². The van der Waals surface area contributed by atoms with E-state index in [4.69, 9.17) is 5.11 Å². The van der Waals surface area contributed by atoms with Crippen LogP contribution in [0.3, 0.4) is 0 Å². The van der Waals surface area contributed by atoms with Crippen molar-refractivity contribution in [3.05, 3.63) is 36.9 Å². The monoisotopic (exact) mass is 280 g/mol. The molecule has 0 radical (unpaired) electrons. The first-order chi connectivity index (χ1) is 9.19. The molecule has 0 aliphatic carbocycles. The third-order valence-corrected chi connectivity index (χ3v) is 3.25. The maximum absolute atomic E-state index is 11.9. The number of hydrogen-bond donors (Lipinski definition) is 2. The minimum atomic E-state index is -0.0893. The number of benzene rings is 1. The number of amides is 1. The fraction of sp³-hybridized carbons (Fsp3) is 0.357. The molecular formula is C14H20N2O2S. The molecule has 1 aromatic rings. The SMILES string of the molecule is C=CCN(CCO)CC(=O)Nc1cccc(SC)c1. The molecule has 1 amide bonds. The van der Waals surface area contributed by atoms with Gasteiger partial charge < -0.3 is 10.4 Å². The lowest BCUT2D eigenvalue weighted by Gasteiger charge is -2.18. The number of carbonyl (C=O) groups is 1. The summed E-state index contributed by atoms with van der Waals surface area (Å²) in [5, 5.41) is 11.8. The Morgan fingerprint density at radius 3 is 3.00 bits per heavy atom. The number of rotatable bonds is 8. The predicted octanol–water partition coefficient (Wildman–Crippen LogP) is 1.83. The van der Waals surface area contributed by atoms with Gasteiger partial charge in [-0.3, -0.25) is 9.69 Å². The van der Waals surface area contributed by atoms with Crippen LogP contribution in [0.5, 0.6) is 0 Å². The van der Waals surface area contributed by atoms with E-state index >= 15 is 0 Å². The fourth-order valence-corrected chi connectivity index (χ4v) is 2.12. The molecule has 4 nitrogen and oxygen atoms in total. The van der Waals surface area contributed by atoms with Gasteiger partial charge in [-0.25, -0.2) is 0 Å². The zero-order valence-corrected chi connectivity index (χ0v) is 11.9. The Kier molecular flexibility index (Phi) is 7.25. The standard InChI is InChI=1S/C14H20N2O2S/c1-3-7-16(8-9-17)11-14(18)15-12-5-4-6-13(10-12)19-2/h3-6,10,17H,1,7-9,11H2,2H3,(H,15,18). The quantitative estimate of drug-likeness (QED) is 0.563. The van der Waals surface area contributed by atoms with Gasteiger partial charge in [-0.2, -0.15) is 0 Å². The minimum absolute atomic E-state index is 0.0308. The van der Waals surface area contributed by atoms with Crippen LogP contribution in [0.15, 0.2) is 41.8 Å². The van der Waals surface area contributed by atoms with Crippen LogP contribution in [0.4, 0.5) is 5.69 Å². The highest BCUT2D eigenvalue weighted by Crippen LogP contribution is 2.18. The predicted molar refractivity (Wildman–Crippen MR) is 80.6 cm³/mol. The average Bonchev–Trinajstić information content (AvgIpc) is 2.39. The number of carbonyl (C=O) groups excluding carboxylic acids is 1. The molecule has 0 fully saturated rings. The molecule has 0 atom stereocenters. The van der Waals surface area contributed by atoms with E-state index in [0.717, 1.165) is 10.6 Å². The number of nitrogens with one attached hydrogen (secondary N) is 1. The Hall–Kier alpha value is -1.30. The van der Waals surface area contributed by atoms with Crippen LogP contribution >= 0.6 is 11.8 Å². The van der Waals surface area contributed by atoms with Gasteiger partial charge in [0, 0.05) is 23.7 Å². The van der Waals surface area contributed by atoms with Gasteiger partial charge in [0.15, 0.2) is 0 Å². The summed E-state index contributed by atoms with van der Waals surface area (Å²) >= 11 is 1.63. The lowest BCUT2D eigenvalue weighted by molar-refractivity contribution is -0.117. The van der Waals surface area contributed by atoms with E-state index in [0.29, 0.717) is 13.1 Å². The maximum Gasteiger partial charge on any atom is 0.238 e. The largest absolute Gasteiger partial charge is 0.395 e. The summed E-state index contributed by atoms with van der Waals surface area (Å²) in [6.45, 7) is 4.96. The first kappa shape index (κ1) is 15.8. The summed E-state index contributed by atoms with van der Waals surface area (Å²) in [5.41, 5.74) is 0.791. The van der Waals surface area contributed by atoms with Crippen molar-refractivity contribution in [2.24, 2.45) is 0 Å². The number of hydrogen-bond acceptors (Lipinski definition) is 4. The summed E-state index contributed by atoms with van der Waals surface area (Å²) in [4.78, 5) is 14.8. The maximum atomic E-state index is 11.9. The molecule has 19 heavy (non-hydrogen) atoms. The van der Waals surface area contributed by atoms with Crippen LogP contribution in [0.25, 0.3) is 0 Å². The molecule has 5 heteroatoms. The number of thioether (sulfide) groups is 1. The second-order valence-corrected chi connectivity index (χ2v) is 4.91. The van der Waals surface area contributed by atoms with E-state index < -0.39 is 0 Å². The van der Waals surface area contributed by atoms with Crippen LogP contribution in [-0.4, -0.2) is 48.4 Å². The second kappa shape index (κ2) is 8.74. The summed E-state index contributed by atoms with van der Waals surface area (Å²) in [7, 11) is 0. The molecule has 0 aliphatic rings. The van der Waals surface area contributed by atoms with E-state index in [1.807, 2.05) is 35.4 Å². The average molecular weight is 280 g/mol. The molecule has 0 aliphatic heterocycles. The Labute approximate surface area is 118 Å². The molecule has 0 heterocycles. The van der Waals surface area contributed by atoms with Gasteiger partial charge in [0.1, 0.15) is 0 Å². The Balaban J connectivity index is 2.55. The molecular weight excluding hydrogens is 260 g/mol. The Morgan fingerprint density at radius 1 is 1.58 bits per heavy atom. The van der Waals surface area contributed by atoms with E-state index in [1.165, 1.54) is 0 Å². The molecule has 0 saturated carbocycles. The number of aliphatic hydroxyl groups is 1. The fourth-order valence-electron chi connectivity index (χ4n) is 1.66. The highest BCUT2D eigenvalue weighted by molar-refractivity contribution is 7.98. The topological polar surface area (TPSA) is 52.6 Å². The number of aliphatic hydroxyl groups excluding tert-OH is 1. The van der Waals surface area contributed by atoms with Crippen molar-refractivity contribution in [2.45, 2.75) is 4.90 Å². The lowest BCUT2D eigenvalue weighted by Crippen LogP contribution is -2.35. The molecule has 0 aromatic heterocycles. The van der Waals surface area contributed by atoms with Crippen molar-refractivity contribution in [2.75, 3.05) is 37.8 Å². The van der Waals surface area contributed by atoms with Crippen molar-refractivity contribution in [3.63, 3.8) is 0 Å². The molecule has 0 spiro atoms. The molecule has 104 valence electrons. The van der Waals surface area contributed by atoms with E-state index in [9.17, 15) is 4.79 Å². The lowest BCUT2D eigenvalue weighted by atomic mass is 10.3. The summed E-state index contributed by atoms with van der Waals surface area (Å²) in [6.07, 6.45) is 3.71. The highest BCUT2D eigenvalue weighted by Gasteiger charge is 2.09. The van der Waals surface area contributed by atoms with Crippen molar-refractivity contribution >= 4 is 23.4 Å². The summed E-state index contributed by atoms with van der Waals surface area (Å²) < 4.78 is 0. The second-order valence-electron chi connectivity index (χ2n) is 4.03. The van der Waals surface area contributed by atoms with E-state index in [1.54, 1.807) is 17.8 Å². The first-order valence-electron chi connectivity index (χ1n) is 6.07. The van der Waals surface area contributed by atoms with Crippen LogP contribution in [0.2, 0.25) is 0 Å². The van der Waals surface area contributed by atoms with Crippen LogP contribution in [0.1, 0.15) is 0 Å². The van der Waals surface area contributed by atoms with Gasteiger partial charge in [0.2, 0.25) is 5.91 Å². The van der Waals surface area contributed by atoms with Crippen molar-refractivity contribution in [1.29, 1.82) is 0 Å². The molecule has 0 unspecified atom stereocenters. The van der Waals surface area contributed by atoms with Gasteiger partial charge in [0.25, 0.3) is 0 Å². The molecule has 2 N–H and O–H groups in total. The van der Waals surface area contributed by atoms with Gasteiger partial charge in [-0.1, -0.05) is 12.1 Å². The van der Waals surface area contributed by atoms with E-state index in [2.05, 4.69) is 11.9 Å². The molecule has 0 bridgehead atoms. The third-order valence-electron chi connectivity index (χ3n) is 2.52. The van der Waals surface area contributed by atoms with Crippen LogP contribution in [-0.2, 0) is 4.79 Å². The molecule has 1 rings (SSSR count). The number of nitrogens with zero attached hydrogens (tertiary/aromatic N) is 1.